The van der Waals surface area contributed by atoms with Gasteiger partial charge in [-0.1, -0.05) is 19.9 Å². The van der Waals surface area contributed by atoms with Gasteiger partial charge in [-0.3, -0.25) is 14.9 Å². The lowest BCUT2D eigenvalue weighted by Crippen LogP contribution is -2.39. The van der Waals surface area contributed by atoms with Crippen molar-refractivity contribution in [2.75, 3.05) is 5.32 Å². The fourth-order valence-corrected chi connectivity index (χ4v) is 1.23. The van der Waals surface area contributed by atoms with E-state index in [1.165, 1.54) is 18.2 Å². The second kappa shape index (κ2) is 5.40. The fraction of sp³-hybridized carbons (Fsp3) is 0.364. The summed E-state index contributed by atoms with van der Waals surface area (Å²) in [6.07, 6.45) is 0. The summed E-state index contributed by atoms with van der Waals surface area (Å²) in [7, 11) is 0. The number of nitrogens with one attached hydrogen (secondary N) is 1. The van der Waals surface area contributed by atoms with Gasteiger partial charge in [0, 0.05) is 17.8 Å². The van der Waals surface area contributed by atoms with Crippen LogP contribution in [0.2, 0.25) is 0 Å². The zero-order chi connectivity index (χ0) is 13.0. The predicted molar refractivity (Wildman–Crippen MR) is 64.5 cm³/mol. The first kappa shape index (κ1) is 13.1. The zero-order valence-corrected chi connectivity index (χ0v) is 9.71. The van der Waals surface area contributed by atoms with Crippen LogP contribution >= 0.6 is 0 Å². The Morgan fingerprint density at radius 3 is 2.65 bits per heavy atom. The van der Waals surface area contributed by atoms with E-state index in [1.807, 2.05) is 13.8 Å². The lowest BCUT2D eigenvalue weighted by Gasteiger charge is -2.15. The van der Waals surface area contributed by atoms with Crippen LogP contribution in [0.5, 0.6) is 0 Å². The van der Waals surface area contributed by atoms with Crippen molar-refractivity contribution >= 4 is 17.3 Å². The Labute approximate surface area is 99.0 Å². The summed E-state index contributed by atoms with van der Waals surface area (Å²) in [5.74, 6) is -0.339. The van der Waals surface area contributed by atoms with Crippen LogP contribution in [0.1, 0.15) is 13.8 Å². The Morgan fingerprint density at radius 2 is 2.12 bits per heavy atom. The summed E-state index contributed by atoms with van der Waals surface area (Å²) in [6.45, 7) is 3.66. The molecule has 0 aliphatic heterocycles. The number of nitro benzene ring substituents is 1. The molecule has 0 fully saturated rings. The third-order valence-corrected chi connectivity index (χ3v) is 2.35. The molecule has 92 valence electrons. The number of nitrogens with zero attached hydrogens (tertiary/aromatic N) is 1. The van der Waals surface area contributed by atoms with Crippen molar-refractivity contribution in [1.29, 1.82) is 0 Å². The van der Waals surface area contributed by atoms with Crippen LogP contribution in [0.25, 0.3) is 0 Å². The van der Waals surface area contributed by atoms with E-state index >= 15 is 0 Å². The Morgan fingerprint density at radius 1 is 1.47 bits per heavy atom. The number of benzene rings is 1. The second-order valence-electron chi connectivity index (χ2n) is 4.07. The summed E-state index contributed by atoms with van der Waals surface area (Å²) in [4.78, 5) is 21.7. The van der Waals surface area contributed by atoms with E-state index in [0.717, 1.165) is 0 Å². The summed E-state index contributed by atoms with van der Waals surface area (Å²) in [5.41, 5.74) is 5.97. The third kappa shape index (κ3) is 3.53. The van der Waals surface area contributed by atoms with Crippen molar-refractivity contribution in [2.24, 2.45) is 11.7 Å². The minimum absolute atomic E-state index is 0.00805. The maximum Gasteiger partial charge on any atom is 0.271 e. The molecule has 0 unspecified atom stereocenters. The minimum atomic E-state index is -0.630. The minimum Gasteiger partial charge on any atom is -0.324 e. The first-order valence-electron chi connectivity index (χ1n) is 5.22. The van der Waals surface area contributed by atoms with E-state index in [0.29, 0.717) is 5.69 Å². The van der Waals surface area contributed by atoms with Gasteiger partial charge in [0.2, 0.25) is 5.91 Å². The number of carbonyl (C=O) groups excluding carboxylic acids is 1. The van der Waals surface area contributed by atoms with Gasteiger partial charge in [-0.25, -0.2) is 0 Å². The summed E-state index contributed by atoms with van der Waals surface area (Å²) in [5, 5.41) is 13.1. The Kier molecular flexibility index (Phi) is 4.17. The SMILES string of the molecule is CC(C)[C@@H](N)C(=O)Nc1cccc([N+](=O)[O-])c1. The highest BCUT2D eigenvalue weighted by atomic mass is 16.6. The normalized spacial score (nSPS) is 12.2. The van der Waals surface area contributed by atoms with Crippen LogP contribution in [0.15, 0.2) is 24.3 Å². The van der Waals surface area contributed by atoms with E-state index in [2.05, 4.69) is 5.32 Å². The van der Waals surface area contributed by atoms with Crippen molar-refractivity contribution in [2.45, 2.75) is 19.9 Å². The number of hydrogen-bond donors (Lipinski definition) is 2. The monoisotopic (exact) mass is 237 g/mol. The molecule has 1 aromatic rings. The Balaban J connectivity index is 2.78. The predicted octanol–water partition coefficient (Wildman–Crippen LogP) is 1.52. The molecule has 17 heavy (non-hydrogen) atoms. The van der Waals surface area contributed by atoms with Crippen molar-refractivity contribution in [3.8, 4) is 0 Å². The van der Waals surface area contributed by atoms with E-state index in [9.17, 15) is 14.9 Å². The number of carbonyl (C=O) groups is 1. The molecule has 0 aliphatic carbocycles. The molecular formula is C11H15N3O3. The Hall–Kier alpha value is -1.95. The molecule has 1 aromatic carbocycles. The molecule has 0 saturated carbocycles. The van der Waals surface area contributed by atoms with Gasteiger partial charge in [-0.05, 0) is 12.0 Å². The van der Waals surface area contributed by atoms with Gasteiger partial charge < -0.3 is 11.1 Å². The second-order valence-corrected chi connectivity index (χ2v) is 4.07. The Bertz CT molecular complexity index is 432. The average Bonchev–Trinajstić information content (AvgIpc) is 2.28. The van der Waals surface area contributed by atoms with Crippen LogP contribution in [-0.2, 0) is 4.79 Å². The van der Waals surface area contributed by atoms with Crippen molar-refractivity contribution in [1.82, 2.24) is 0 Å². The molecule has 1 amide bonds. The maximum atomic E-state index is 11.6. The van der Waals surface area contributed by atoms with Crippen LogP contribution in [0, 0.1) is 16.0 Å². The highest BCUT2D eigenvalue weighted by Gasteiger charge is 2.17. The molecule has 6 heteroatoms. The largest absolute Gasteiger partial charge is 0.324 e. The topological polar surface area (TPSA) is 98.3 Å². The number of non-ortho nitro benzene ring substituents is 1. The van der Waals surface area contributed by atoms with Crippen molar-refractivity contribution in [3.63, 3.8) is 0 Å². The number of rotatable bonds is 4. The van der Waals surface area contributed by atoms with Crippen LogP contribution in [0.4, 0.5) is 11.4 Å². The average molecular weight is 237 g/mol. The van der Waals surface area contributed by atoms with Crippen LogP contribution < -0.4 is 11.1 Å². The standard InChI is InChI=1S/C11H15N3O3/c1-7(2)10(12)11(15)13-8-4-3-5-9(6-8)14(16)17/h3-7,10H,12H2,1-2H3,(H,13,15)/t10-/m1/s1. The molecule has 0 saturated heterocycles. The molecule has 1 rings (SSSR count). The number of nitro groups is 1. The van der Waals surface area contributed by atoms with E-state index in [-0.39, 0.29) is 17.5 Å². The van der Waals surface area contributed by atoms with Crippen LogP contribution in [0.3, 0.4) is 0 Å². The fourth-order valence-electron chi connectivity index (χ4n) is 1.23. The summed E-state index contributed by atoms with van der Waals surface area (Å²) in [6, 6.07) is 5.12. The van der Waals surface area contributed by atoms with Crippen molar-refractivity contribution in [3.05, 3.63) is 34.4 Å². The lowest BCUT2D eigenvalue weighted by atomic mass is 10.0. The molecule has 3 N–H and O–H groups in total. The van der Waals surface area contributed by atoms with Gasteiger partial charge >= 0.3 is 0 Å². The zero-order valence-electron chi connectivity index (χ0n) is 9.71. The number of amides is 1. The molecule has 0 heterocycles. The van der Waals surface area contributed by atoms with E-state index in [1.54, 1.807) is 6.07 Å². The van der Waals surface area contributed by atoms with Gasteiger partial charge in [-0.2, -0.15) is 0 Å². The quantitative estimate of drug-likeness (QED) is 0.612. The van der Waals surface area contributed by atoms with Gasteiger partial charge in [0.15, 0.2) is 0 Å². The number of hydrogen-bond acceptors (Lipinski definition) is 4. The number of anilines is 1. The molecule has 0 aromatic heterocycles. The molecule has 6 nitrogen and oxygen atoms in total. The first-order valence-corrected chi connectivity index (χ1v) is 5.22. The van der Waals surface area contributed by atoms with Gasteiger partial charge in [0.1, 0.15) is 0 Å². The van der Waals surface area contributed by atoms with Gasteiger partial charge in [0.25, 0.3) is 5.69 Å². The highest BCUT2D eigenvalue weighted by molar-refractivity contribution is 5.95. The number of nitrogens with two attached hydrogens (primary N) is 1. The smallest absolute Gasteiger partial charge is 0.271 e. The molecule has 1 atom stereocenters. The maximum absolute atomic E-state index is 11.6. The molecular weight excluding hydrogens is 222 g/mol. The first-order chi connectivity index (χ1) is 7.91. The molecule has 0 spiro atoms. The molecule has 0 bridgehead atoms. The molecule has 0 aliphatic rings. The van der Waals surface area contributed by atoms with Gasteiger partial charge in [-0.15, -0.1) is 0 Å². The van der Waals surface area contributed by atoms with Crippen molar-refractivity contribution < 1.29 is 9.72 Å². The van der Waals surface area contributed by atoms with Crippen LogP contribution in [-0.4, -0.2) is 16.9 Å². The van der Waals surface area contributed by atoms with E-state index in [4.69, 9.17) is 5.73 Å². The summed E-state index contributed by atoms with van der Waals surface area (Å²) < 4.78 is 0. The summed E-state index contributed by atoms with van der Waals surface area (Å²) >= 11 is 0. The lowest BCUT2D eigenvalue weighted by molar-refractivity contribution is -0.384. The molecule has 0 radical (unpaired) electrons. The van der Waals surface area contributed by atoms with E-state index < -0.39 is 11.0 Å². The highest BCUT2D eigenvalue weighted by Crippen LogP contribution is 2.17. The third-order valence-electron chi connectivity index (χ3n) is 2.35. The van der Waals surface area contributed by atoms with Gasteiger partial charge in [0.05, 0.1) is 11.0 Å².